The minimum atomic E-state index is 0.348. The Balaban J connectivity index is 1.69. The summed E-state index contributed by atoms with van der Waals surface area (Å²) >= 11 is 0. The molecule has 0 unspecified atom stereocenters. The van der Waals surface area contributed by atoms with Gasteiger partial charge in [0.25, 0.3) is 0 Å². The van der Waals surface area contributed by atoms with Gasteiger partial charge in [-0.25, -0.2) is 4.98 Å². The molecular formula is C22H25N5. The standard InChI is InChI=1S/C22H25N5/c1-16(17-10-4-2-5-11-17)24-22-20(18-12-6-3-7-13-18)26-27-21(25-22)19-14-8-9-15-23-19/h3,6-9,12-17H,2,4-5,10-11H2,1H3,(H,24,25,27)/t16-/m1/s1. The molecule has 0 radical (unpaired) electrons. The lowest BCUT2D eigenvalue weighted by Crippen LogP contribution is -2.28. The van der Waals surface area contributed by atoms with Crippen molar-refractivity contribution < 1.29 is 0 Å². The molecule has 0 saturated heterocycles. The number of rotatable bonds is 5. The summed E-state index contributed by atoms with van der Waals surface area (Å²) in [7, 11) is 0. The van der Waals surface area contributed by atoms with Crippen molar-refractivity contribution in [1.82, 2.24) is 20.2 Å². The van der Waals surface area contributed by atoms with Gasteiger partial charge in [-0.3, -0.25) is 4.98 Å². The van der Waals surface area contributed by atoms with Crippen LogP contribution in [0.3, 0.4) is 0 Å². The molecule has 1 aliphatic rings. The van der Waals surface area contributed by atoms with Gasteiger partial charge in [0.2, 0.25) is 5.82 Å². The highest BCUT2D eigenvalue weighted by atomic mass is 15.2. The Labute approximate surface area is 160 Å². The molecule has 1 atom stereocenters. The van der Waals surface area contributed by atoms with Gasteiger partial charge in [-0.2, -0.15) is 0 Å². The van der Waals surface area contributed by atoms with E-state index in [0.717, 1.165) is 22.8 Å². The monoisotopic (exact) mass is 359 g/mol. The average molecular weight is 359 g/mol. The zero-order valence-corrected chi connectivity index (χ0v) is 15.7. The largest absolute Gasteiger partial charge is 0.365 e. The Kier molecular flexibility index (Phi) is 5.37. The molecule has 27 heavy (non-hydrogen) atoms. The average Bonchev–Trinajstić information content (AvgIpc) is 2.75. The van der Waals surface area contributed by atoms with Crippen LogP contribution in [0.5, 0.6) is 0 Å². The zero-order valence-electron chi connectivity index (χ0n) is 15.7. The lowest BCUT2D eigenvalue weighted by atomic mass is 9.84. The van der Waals surface area contributed by atoms with Crippen LogP contribution in [-0.2, 0) is 0 Å². The lowest BCUT2D eigenvalue weighted by molar-refractivity contribution is 0.328. The number of benzene rings is 1. The van der Waals surface area contributed by atoms with E-state index < -0.39 is 0 Å². The minimum absolute atomic E-state index is 0.348. The predicted molar refractivity (Wildman–Crippen MR) is 108 cm³/mol. The summed E-state index contributed by atoms with van der Waals surface area (Å²) in [6, 6.07) is 16.2. The van der Waals surface area contributed by atoms with Gasteiger partial charge in [0, 0.05) is 17.8 Å². The van der Waals surface area contributed by atoms with E-state index in [2.05, 4.69) is 27.4 Å². The van der Waals surface area contributed by atoms with Crippen LogP contribution in [0.25, 0.3) is 22.8 Å². The molecule has 0 bridgehead atoms. The van der Waals surface area contributed by atoms with E-state index in [0.29, 0.717) is 17.8 Å². The molecule has 5 heteroatoms. The number of aromatic nitrogens is 4. The number of anilines is 1. The van der Waals surface area contributed by atoms with Crippen LogP contribution in [0.15, 0.2) is 54.7 Å². The van der Waals surface area contributed by atoms with Crippen LogP contribution in [0.4, 0.5) is 5.82 Å². The first kappa shape index (κ1) is 17.6. The highest BCUT2D eigenvalue weighted by Gasteiger charge is 2.22. The smallest absolute Gasteiger partial charge is 0.202 e. The van der Waals surface area contributed by atoms with E-state index in [4.69, 9.17) is 4.98 Å². The van der Waals surface area contributed by atoms with Gasteiger partial charge in [0.1, 0.15) is 11.4 Å². The van der Waals surface area contributed by atoms with Gasteiger partial charge in [-0.15, -0.1) is 10.2 Å². The van der Waals surface area contributed by atoms with Gasteiger partial charge in [-0.1, -0.05) is 55.7 Å². The quantitative estimate of drug-likeness (QED) is 0.696. The van der Waals surface area contributed by atoms with E-state index in [1.807, 2.05) is 48.5 Å². The normalized spacial score (nSPS) is 16.0. The van der Waals surface area contributed by atoms with Crippen molar-refractivity contribution in [2.24, 2.45) is 5.92 Å². The second-order valence-electron chi connectivity index (χ2n) is 7.24. The first-order chi connectivity index (χ1) is 13.3. The van der Waals surface area contributed by atoms with Crippen LogP contribution < -0.4 is 5.32 Å². The first-order valence-corrected chi connectivity index (χ1v) is 9.79. The van der Waals surface area contributed by atoms with Crippen molar-refractivity contribution in [3.05, 3.63) is 54.7 Å². The van der Waals surface area contributed by atoms with Crippen LogP contribution in [0, 0.1) is 5.92 Å². The molecule has 1 saturated carbocycles. The van der Waals surface area contributed by atoms with Gasteiger partial charge >= 0.3 is 0 Å². The SMILES string of the molecule is C[C@@H](Nc1nc(-c2ccccn2)nnc1-c1ccccc1)C1CCCCC1. The van der Waals surface area contributed by atoms with Crippen molar-refractivity contribution in [2.75, 3.05) is 5.32 Å². The van der Waals surface area contributed by atoms with Crippen LogP contribution >= 0.6 is 0 Å². The number of hydrogen-bond donors (Lipinski definition) is 1. The highest BCUT2D eigenvalue weighted by molar-refractivity contribution is 5.72. The summed E-state index contributed by atoms with van der Waals surface area (Å²) in [6.07, 6.45) is 8.31. The fraction of sp³-hybridized carbons (Fsp3) is 0.364. The summed E-state index contributed by atoms with van der Waals surface area (Å²) in [5.41, 5.74) is 2.54. The summed E-state index contributed by atoms with van der Waals surface area (Å²) in [5.74, 6) is 2.01. The fourth-order valence-corrected chi connectivity index (χ4v) is 3.79. The molecule has 138 valence electrons. The Morgan fingerprint density at radius 3 is 2.44 bits per heavy atom. The van der Waals surface area contributed by atoms with Gasteiger partial charge in [-0.05, 0) is 37.8 Å². The van der Waals surface area contributed by atoms with Crippen molar-refractivity contribution in [2.45, 2.75) is 45.1 Å². The number of nitrogens with one attached hydrogen (secondary N) is 1. The van der Waals surface area contributed by atoms with Gasteiger partial charge in [0.05, 0.1) is 0 Å². The second-order valence-corrected chi connectivity index (χ2v) is 7.24. The molecule has 1 aromatic carbocycles. The topological polar surface area (TPSA) is 63.6 Å². The zero-order chi connectivity index (χ0) is 18.5. The Morgan fingerprint density at radius 2 is 1.70 bits per heavy atom. The lowest BCUT2D eigenvalue weighted by Gasteiger charge is -2.29. The number of pyridine rings is 1. The van der Waals surface area contributed by atoms with Gasteiger partial charge < -0.3 is 5.32 Å². The van der Waals surface area contributed by atoms with E-state index >= 15 is 0 Å². The molecule has 2 aromatic heterocycles. The third-order valence-electron chi connectivity index (χ3n) is 5.35. The third kappa shape index (κ3) is 4.13. The van der Waals surface area contributed by atoms with E-state index in [9.17, 15) is 0 Å². The maximum Gasteiger partial charge on any atom is 0.202 e. The molecular weight excluding hydrogens is 334 g/mol. The summed E-state index contributed by atoms with van der Waals surface area (Å²) in [6.45, 7) is 2.26. The van der Waals surface area contributed by atoms with Crippen LogP contribution in [-0.4, -0.2) is 26.2 Å². The van der Waals surface area contributed by atoms with Crippen LogP contribution in [0.1, 0.15) is 39.0 Å². The molecule has 0 spiro atoms. The Bertz CT molecular complexity index is 860. The molecule has 0 amide bonds. The van der Waals surface area contributed by atoms with Gasteiger partial charge in [0.15, 0.2) is 5.82 Å². The highest BCUT2D eigenvalue weighted by Crippen LogP contribution is 2.30. The minimum Gasteiger partial charge on any atom is -0.365 e. The fourth-order valence-electron chi connectivity index (χ4n) is 3.79. The first-order valence-electron chi connectivity index (χ1n) is 9.79. The molecule has 1 fully saturated rings. The molecule has 4 rings (SSSR count). The molecule has 1 N–H and O–H groups in total. The van der Waals surface area contributed by atoms with E-state index in [1.54, 1.807) is 6.20 Å². The number of nitrogens with zero attached hydrogens (tertiary/aromatic N) is 4. The third-order valence-corrected chi connectivity index (χ3v) is 5.35. The second kappa shape index (κ2) is 8.25. The van der Waals surface area contributed by atoms with Crippen molar-refractivity contribution >= 4 is 5.82 Å². The Morgan fingerprint density at radius 1 is 0.926 bits per heavy atom. The molecule has 3 aromatic rings. The van der Waals surface area contributed by atoms with Crippen molar-refractivity contribution in [1.29, 1.82) is 0 Å². The maximum atomic E-state index is 4.81. The van der Waals surface area contributed by atoms with Crippen molar-refractivity contribution in [3.63, 3.8) is 0 Å². The van der Waals surface area contributed by atoms with Crippen molar-refractivity contribution in [3.8, 4) is 22.8 Å². The Hall–Kier alpha value is -2.82. The van der Waals surface area contributed by atoms with E-state index in [-0.39, 0.29) is 0 Å². The molecule has 0 aliphatic heterocycles. The molecule has 5 nitrogen and oxygen atoms in total. The maximum absolute atomic E-state index is 4.81. The summed E-state index contributed by atoms with van der Waals surface area (Å²) in [5, 5.41) is 12.5. The molecule has 1 aliphatic carbocycles. The predicted octanol–water partition coefficient (Wildman–Crippen LogP) is 4.98. The summed E-state index contributed by atoms with van der Waals surface area (Å²) in [4.78, 5) is 9.18. The number of hydrogen-bond acceptors (Lipinski definition) is 5. The van der Waals surface area contributed by atoms with Crippen LogP contribution in [0.2, 0.25) is 0 Å². The van der Waals surface area contributed by atoms with E-state index in [1.165, 1.54) is 32.1 Å². The summed E-state index contributed by atoms with van der Waals surface area (Å²) < 4.78 is 0. The molecule has 2 heterocycles.